The van der Waals surface area contributed by atoms with E-state index >= 15 is 0 Å². The van der Waals surface area contributed by atoms with Gasteiger partial charge in [-0.1, -0.05) is 42.0 Å². The first-order valence-corrected chi connectivity index (χ1v) is 12.2. The highest BCUT2D eigenvalue weighted by molar-refractivity contribution is 5.86. The molecule has 35 heavy (non-hydrogen) atoms. The van der Waals surface area contributed by atoms with Crippen LogP contribution in [0.1, 0.15) is 45.7 Å². The molecule has 2 aliphatic carbocycles. The maximum Gasteiger partial charge on any atom is 0.331 e. The van der Waals surface area contributed by atoms with Crippen LogP contribution in [0.4, 0.5) is 0 Å². The molecule has 190 valence electrons. The highest BCUT2D eigenvalue weighted by Gasteiger charge is 2.36. The van der Waals surface area contributed by atoms with E-state index in [1.54, 1.807) is 31.5 Å². The molecule has 2 N–H and O–H groups in total. The van der Waals surface area contributed by atoms with E-state index in [1.807, 2.05) is 30.8 Å². The number of aliphatic hydroxyl groups excluding tert-OH is 2. The van der Waals surface area contributed by atoms with Crippen LogP contribution in [0.15, 0.2) is 66.2 Å². The van der Waals surface area contributed by atoms with Gasteiger partial charge in [-0.25, -0.2) is 9.78 Å². The van der Waals surface area contributed by atoms with E-state index in [4.69, 9.17) is 9.47 Å². The second-order valence-electron chi connectivity index (χ2n) is 9.50. The molecule has 0 bridgehead atoms. The van der Waals surface area contributed by atoms with Gasteiger partial charge in [0, 0.05) is 37.9 Å². The molecule has 7 nitrogen and oxygen atoms in total. The van der Waals surface area contributed by atoms with Gasteiger partial charge in [-0.2, -0.15) is 0 Å². The summed E-state index contributed by atoms with van der Waals surface area (Å²) < 4.78 is 13.1. The lowest BCUT2D eigenvalue weighted by molar-refractivity contribution is -0.143. The summed E-state index contributed by atoms with van der Waals surface area (Å²) in [7, 11) is 1.87. The molecule has 0 saturated carbocycles. The molecule has 0 radical (unpaired) electrons. The van der Waals surface area contributed by atoms with E-state index in [1.165, 1.54) is 11.6 Å². The lowest BCUT2D eigenvalue weighted by Crippen LogP contribution is -2.34. The van der Waals surface area contributed by atoms with Crippen molar-refractivity contribution in [3.63, 3.8) is 0 Å². The number of carbonyl (C=O) groups is 1. The number of ether oxygens (including phenoxy) is 2. The van der Waals surface area contributed by atoms with Gasteiger partial charge in [-0.3, -0.25) is 0 Å². The fourth-order valence-electron chi connectivity index (χ4n) is 4.94. The van der Waals surface area contributed by atoms with E-state index in [9.17, 15) is 15.0 Å². The molecule has 0 fully saturated rings. The van der Waals surface area contributed by atoms with Gasteiger partial charge in [0.1, 0.15) is 6.10 Å². The monoisotopic (exact) mass is 482 g/mol. The zero-order valence-corrected chi connectivity index (χ0v) is 21.1. The van der Waals surface area contributed by atoms with Crippen molar-refractivity contribution in [3.8, 4) is 0 Å². The zero-order valence-electron chi connectivity index (χ0n) is 21.1. The summed E-state index contributed by atoms with van der Waals surface area (Å²) in [6.07, 6.45) is 13.5. The van der Waals surface area contributed by atoms with Crippen LogP contribution in [0, 0.1) is 17.8 Å². The van der Waals surface area contributed by atoms with Crippen LogP contribution in [0.5, 0.6) is 0 Å². The summed E-state index contributed by atoms with van der Waals surface area (Å²) in [5.74, 6) is -0.247. The van der Waals surface area contributed by atoms with E-state index in [-0.39, 0.29) is 23.9 Å². The first-order chi connectivity index (χ1) is 16.7. The topological polar surface area (TPSA) is 93.8 Å². The van der Waals surface area contributed by atoms with Crippen molar-refractivity contribution in [2.75, 3.05) is 6.61 Å². The number of hydrogen-bond acceptors (Lipinski definition) is 6. The minimum atomic E-state index is -1.19. The van der Waals surface area contributed by atoms with Crippen molar-refractivity contribution in [2.45, 2.75) is 58.5 Å². The molecule has 6 atom stereocenters. The number of aliphatic hydroxyl groups is 2. The zero-order chi connectivity index (χ0) is 25.5. The Morgan fingerprint density at radius 2 is 2.17 bits per heavy atom. The number of aromatic nitrogens is 2. The smallest absolute Gasteiger partial charge is 0.331 e. The molecule has 1 unspecified atom stereocenters. The van der Waals surface area contributed by atoms with Gasteiger partial charge in [0.05, 0.1) is 18.1 Å². The van der Waals surface area contributed by atoms with Gasteiger partial charge in [0.25, 0.3) is 0 Å². The van der Waals surface area contributed by atoms with Gasteiger partial charge in [-0.05, 0) is 57.4 Å². The predicted octanol–water partition coefficient (Wildman–Crippen LogP) is 4.11. The normalized spacial score (nSPS) is 30.5. The molecule has 0 spiro atoms. The van der Waals surface area contributed by atoms with Crippen molar-refractivity contribution in [3.05, 3.63) is 71.9 Å². The first kappa shape index (κ1) is 26.9. The molecule has 0 saturated heterocycles. The van der Waals surface area contributed by atoms with Crippen LogP contribution < -0.4 is 0 Å². The number of carbonyl (C=O) groups excluding carboxylic acids is 1. The Morgan fingerprint density at radius 1 is 1.40 bits per heavy atom. The summed E-state index contributed by atoms with van der Waals surface area (Å²) in [5.41, 5.74) is 3.37. The highest BCUT2D eigenvalue weighted by Crippen LogP contribution is 2.43. The van der Waals surface area contributed by atoms with Gasteiger partial charge in [0.15, 0.2) is 6.29 Å². The summed E-state index contributed by atoms with van der Waals surface area (Å²) in [5, 5.41) is 21.5. The summed E-state index contributed by atoms with van der Waals surface area (Å²) in [6.45, 7) is 10.4. The molecular formula is C28H38N2O5. The van der Waals surface area contributed by atoms with Crippen LogP contribution in [0.3, 0.4) is 0 Å². The first-order valence-electron chi connectivity index (χ1n) is 12.2. The standard InChI is InChI=1S/C28H38N2O5/c1-6-34-28(33)25-15-24-22(18(2)3)12-10-19(4)23(24)14-21(8-7-9-26(25)31)35-27(32)13-11-20-16-30(5)17-29-20/h7,9-11,13,15-17,21-24,26,28,31,33H,2,6,8,12,14H2,1,3-5H3/b9-7-,13-11+,25-15+/t21-,22-,23+,24-,26-,28?/m1/s1. The minimum absolute atomic E-state index is 0.0194. The van der Waals surface area contributed by atoms with E-state index in [2.05, 4.69) is 24.6 Å². The quantitative estimate of drug-likeness (QED) is 0.263. The minimum Gasteiger partial charge on any atom is -0.459 e. The third-order valence-corrected chi connectivity index (χ3v) is 6.81. The van der Waals surface area contributed by atoms with Gasteiger partial charge in [0.2, 0.25) is 0 Å². The molecule has 0 aromatic carbocycles. The van der Waals surface area contributed by atoms with Crippen LogP contribution in [-0.2, 0) is 21.3 Å². The average molecular weight is 483 g/mol. The summed E-state index contributed by atoms with van der Waals surface area (Å²) >= 11 is 0. The molecule has 7 heteroatoms. The summed E-state index contributed by atoms with van der Waals surface area (Å²) in [6, 6.07) is 0. The largest absolute Gasteiger partial charge is 0.459 e. The fraction of sp³-hybridized carbons (Fsp3) is 0.500. The molecule has 1 heterocycles. The number of fused-ring (bicyclic) bond motifs is 1. The highest BCUT2D eigenvalue weighted by atomic mass is 16.6. The summed E-state index contributed by atoms with van der Waals surface area (Å²) in [4.78, 5) is 16.8. The number of esters is 1. The van der Waals surface area contributed by atoms with Crippen LogP contribution in [-0.4, -0.2) is 50.8 Å². The molecule has 0 aliphatic heterocycles. The van der Waals surface area contributed by atoms with Crippen LogP contribution in [0.2, 0.25) is 0 Å². The molecule has 1 aromatic rings. The Bertz CT molecular complexity index is 1020. The lowest BCUT2D eigenvalue weighted by Gasteiger charge is -2.39. The number of allylic oxidation sites excluding steroid dienone is 4. The van der Waals surface area contributed by atoms with Gasteiger partial charge in [-0.15, -0.1) is 0 Å². The average Bonchev–Trinajstić information content (AvgIpc) is 3.22. The number of rotatable bonds is 7. The maximum atomic E-state index is 12.6. The number of hydrogen-bond donors (Lipinski definition) is 2. The van der Waals surface area contributed by atoms with Crippen molar-refractivity contribution in [1.82, 2.24) is 9.55 Å². The number of imidazole rings is 1. The Morgan fingerprint density at radius 3 is 2.83 bits per heavy atom. The Balaban J connectivity index is 1.89. The predicted molar refractivity (Wildman–Crippen MR) is 136 cm³/mol. The fourth-order valence-corrected chi connectivity index (χ4v) is 4.94. The lowest BCUT2D eigenvalue weighted by atomic mass is 9.67. The SMILES string of the molecule is C=C(C)[C@H]1CC=C(C)[C@@H]2C[C@H](OC(=O)/C=C/c3cn(C)cn3)C/C=C\[C@@H](O)/C(C(O)OCC)=C\[C@H]12. The third-order valence-electron chi connectivity index (χ3n) is 6.81. The Kier molecular flexibility index (Phi) is 9.43. The Labute approximate surface area is 208 Å². The van der Waals surface area contributed by atoms with Crippen LogP contribution in [0.25, 0.3) is 6.08 Å². The molecule has 1 aromatic heterocycles. The molecule has 2 aliphatic rings. The molecule has 0 amide bonds. The van der Waals surface area contributed by atoms with Gasteiger partial charge >= 0.3 is 5.97 Å². The second-order valence-corrected chi connectivity index (χ2v) is 9.50. The molecule has 3 rings (SSSR count). The number of aryl methyl sites for hydroxylation is 1. The molecular weight excluding hydrogens is 444 g/mol. The van der Waals surface area contributed by atoms with E-state index in [0.717, 1.165) is 12.0 Å². The Hall–Kier alpha value is -2.74. The van der Waals surface area contributed by atoms with E-state index < -0.39 is 18.4 Å². The van der Waals surface area contributed by atoms with Crippen molar-refractivity contribution >= 4 is 12.0 Å². The third kappa shape index (κ3) is 7.13. The van der Waals surface area contributed by atoms with Crippen molar-refractivity contribution < 1.29 is 24.5 Å². The second kappa shape index (κ2) is 12.3. The number of nitrogens with zero attached hydrogens (tertiary/aromatic N) is 2. The van der Waals surface area contributed by atoms with Crippen molar-refractivity contribution in [2.24, 2.45) is 24.8 Å². The van der Waals surface area contributed by atoms with Crippen molar-refractivity contribution in [1.29, 1.82) is 0 Å². The maximum absolute atomic E-state index is 12.6. The van der Waals surface area contributed by atoms with Crippen LogP contribution >= 0.6 is 0 Å². The van der Waals surface area contributed by atoms with E-state index in [0.29, 0.717) is 30.7 Å². The van der Waals surface area contributed by atoms with Gasteiger partial charge < -0.3 is 24.3 Å².